The van der Waals surface area contributed by atoms with Gasteiger partial charge in [0, 0.05) is 37.6 Å². The molecule has 0 fully saturated rings. The molecule has 34 heavy (non-hydrogen) atoms. The van der Waals surface area contributed by atoms with Crippen LogP contribution >= 0.6 is 0 Å². The number of benzene rings is 2. The van der Waals surface area contributed by atoms with E-state index in [1.807, 2.05) is 67.7 Å². The summed E-state index contributed by atoms with van der Waals surface area (Å²) in [6, 6.07) is 17.4. The Kier molecular flexibility index (Phi) is 8.78. The monoisotopic (exact) mass is 456 g/mol. The number of hydrogen-bond donors (Lipinski definition) is 1. The Labute approximate surface area is 199 Å². The van der Waals surface area contributed by atoms with Gasteiger partial charge in [0.05, 0.1) is 5.69 Å². The minimum Gasteiger partial charge on any atom is -0.490 e. The second-order valence-electron chi connectivity index (χ2n) is 7.56. The van der Waals surface area contributed by atoms with Crippen LogP contribution in [0, 0.1) is 18.3 Å². The maximum atomic E-state index is 12.6. The normalized spacial score (nSPS) is 11.0. The van der Waals surface area contributed by atoms with Crippen molar-refractivity contribution in [3.05, 3.63) is 84.1 Å². The topological polar surface area (TPSA) is 89.2 Å². The molecule has 0 aliphatic heterocycles. The van der Waals surface area contributed by atoms with Crippen molar-refractivity contribution in [3.63, 3.8) is 0 Å². The van der Waals surface area contributed by atoms with Gasteiger partial charge in [0.25, 0.3) is 5.91 Å². The molecule has 174 valence electrons. The number of nitriles is 1. The smallest absolute Gasteiger partial charge is 0.261 e. The summed E-state index contributed by atoms with van der Waals surface area (Å²) in [6.45, 7) is 7.02. The number of amides is 1. The highest BCUT2D eigenvalue weighted by Crippen LogP contribution is 2.30. The number of hydrogen-bond acceptors (Lipinski definition) is 5. The molecule has 7 heteroatoms. The predicted octanol–water partition coefficient (Wildman–Crippen LogP) is 4.47. The summed E-state index contributed by atoms with van der Waals surface area (Å²) in [5.41, 5.74) is 4.04. The van der Waals surface area contributed by atoms with Gasteiger partial charge >= 0.3 is 0 Å². The Morgan fingerprint density at radius 2 is 2.06 bits per heavy atom. The van der Waals surface area contributed by atoms with E-state index in [9.17, 15) is 10.1 Å². The first-order chi connectivity index (χ1) is 16.6. The van der Waals surface area contributed by atoms with Crippen molar-refractivity contribution >= 4 is 12.0 Å². The lowest BCUT2D eigenvalue weighted by Gasteiger charge is -2.09. The SMILES string of the molecule is C=CCOc1ccc(-c2nn(-c3ccccc3)cc2/C=C(/C#N)C(=O)NCCCOC)c(C)c1. The summed E-state index contributed by atoms with van der Waals surface area (Å²) in [5.74, 6) is 0.302. The van der Waals surface area contributed by atoms with E-state index in [0.29, 0.717) is 37.4 Å². The first-order valence-corrected chi connectivity index (χ1v) is 11.0. The summed E-state index contributed by atoms with van der Waals surface area (Å²) >= 11 is 0. The Morgan fingerprint density at radius 1 is 1.26 bits per heavy atom. The van der Waals surface area contributed by atoms with Crippen molar-refractivity contribution in [2.75, 3.05) is 26.9 Å². The van der Waals surface area contributed by atoms with Crippen molar-refractivity contribution in [1.29, 1.82) is 5.26 Å². The first kappa shape index (κ1) is 24.5. The number of nitrogens with zero attached hydrogens (tertiary/aromatic N) is 3. The molecule has 0 aliphatic rings. The van der Waals surface area contributed by atoms with Crippen LogP contribution < -0.4 is 10.1 Å². The van der Waals surface area contributed by atoms with E-state index < -0.39 is 5.91 Å². The van der Waals surface area contributed by atoms with Gasteiger partial charge in [-0.15, -0.1) is 0 Å². The molecular weight excluding hydrogens is 428 g/mol. The van der Waals surface area contributed by atoms with Crippen molar-refractivity contribution in [2.45, 2.75) is 13.3 Å². The summed E-state index contributed by atoms with van der Waals surface area (Å²) in [5, 5.41) is 17.2. The van der Waals surface area contributed by atoms with Gasteiger partial charge in [0.2, 0.25) is 0 Å². The molecule has 1 amide bonds. The number of nitrogens with one attached hydrogen (secondary N) is 1. The van der Waals surface area contributed by atoms with Crippen LogP contribution in [0.25, 0.3) is 23.0 Å². The fourth-order valence-electron chi connectivity index (χ4n) is 3.38. The number of carbonyl (C=O) groups is 1. The zero-order chi connectivity index (χ0) is 24.3. The molecule has 1 aromatic heterocycles. The molecular formula is C27H28N4O3. The van der Waals surface area contributed by atoms with E-state index in [-0.39, 0.29) is 5.57 Å². The van der Waals surface area contributed by atoms with Crippen LogP contribution in [0.4, 0.5) is 0 Å². The maximum Gasteiger partial charge on any atom is 0.261 e. The van der Waals surface area contributed by atoms with Gasteiger partial charge in [-0.3, -0.25) is 4.79 Å². The van der Waals surface area contributed by atoms with Crippen LogP contribution in [0.3, 0.4) is 0 Å². The molecule has 3 aromatic rings. The van der Waals surface area contributed by atoms with Crippen LogP contribution in [-0.4, -0.2) is 42.6 Å². The molecule has 0 saturated heterocycles. The van der Waals surface area contributed by atoms with Gasteiger partial charge in [-0.05, 0) is 55.3 Å². The lowest BCUT2D eigenvalue weighted by atomic mass is 10.0. The predicted molar refractivity (Wildman–Crippen MR) is 133 cm³/mol. The lowest BCUT2D eigenvalue weighted by molar-refractivity contribution is -0.117. The highest BCUT2D eigenvalue weighted by Gasteiger charge is 2.16. The van der Waals surface area contributed by atoms with E-state index in [2.05, 4.69) is 11.9 Å². The largest absolute Gasteiger partial charge is 0.490 e. The van der Waals surface area contributed by atoms with E-state index in [0.717, 1.165) is 22.6 Å². The maximum absolute atomic E-state index is 12.6. The zero-order valence-corrected chi connectivity index (χ0v) is 19.5. The third-order valence-corrected chi connectivity index (χ3v) is 5.06. The average Bonchev–Trinajstić information content (AvgIpc) is 3.28. The van der Waals surface area contributed by atoms with E-state index >= 15 is 0 Å². The lowest BCUT2D eigenvalue weighted by Crippen LogP contribution is -2.26. The number of aryl methyl sites for hydroxylation is 1. The quantitative estimate of drug-likeness (QED) is 0.199. The second-order valence-corrected chi connectivity index (χ2v) is 7.56. The summed E-state index contributed by atoms with van der Waals surface area (Å²) in [4.78, 5) is 12.6. The van der Waals surface area contributed by atoms with Crippen LogP contribution in [0.15, 0.2) is 73.0 Å². The molecule has 0 bridgehead atoms. The van der Waals surface area contributed by atoms with Gasteiger partial charge in [0.1, 0.15) is 29.7 Å². The zero-order valence-electron chi connectivity index (χ0n) is 19.5. The minimum atomic E-state index is -0.429. The molecule has 0 saturated carbocycles. The molecule has 0 unspecified atom stereocenters. The number of aromatic nitrogens is 2. The van der Waals surface area contributed by atoms with Crippen LogP contribution in [0.1, 0.15) is 17.5 Å². The number of para-hydroxylation sites is 1. The van der Waals surface area contributed by atoms with Crippen molar-refractivity contribution in [2.24, 2.45) is 0 Å². The third kappa shape index (κ3) is 6.21. The van der Waals surface area contributed by atoms with Crippen LogP contribution in [0.2, 0.25) is 0 Å². The summed E-state index contributed by atoms with van der Waals surface area (Å²) in [7, 11) is 1.61. The Morgan fingerprint density at radius 3 is 2.74 bits per heavy atom. The van der Waals surface area contributed by atoms with Gasteiger partial charge in [-0.25, -0.2) is 4.68 Å². The Bertz CT molecular complexity index is 1210. The van der Waals surface area contributed by atoms with Gasteiger partial charge in [-0.1, -0.05) is 30.9 Å². The van der Waals surface area contributed by atoms with Gasteiger partial charge in [0.15, 0.2) is 0 Å². The first-order valence-electron chi connectivity index (χ1n) is 11.0. The highest BCUT2D eigenvalue weighted by molar-refractivity contribution is 6.02. The van der Waals surface area contributed by atoms with Crippen molar-refractivity contribution in [3.8, 4) is 28.8 Å². The Balaban J connectivity index is 2.01. The molecule has 1 N–H and O–H groups in total. The fourth-order valence-corrected chi connectivity index (χ4v) is 3.38. The van der Waals surface area contributed by atoms with Crippen LogP contribution in [0.5, 0.6) is 5.75 Å². The highest BCUT2D eigenvalue weighted by atomic mass is 16.5. The molecule has 7 nitrogen and oxygen atoms in total. The number of methoxy groups -OCH3 is 1. The molecule has 0 radical (unpaired) electrons. The van der Waals surface area contributed by atoms with Crippen molar-refractivity contribution in [1.82, 2.24) is 15.1 Å². The van der Waals surface area contributed by atoms with E-state index in [1.54, 1.807) is 23.9 Å². The molecule has 2 aromatic carbocycles. The summed E-state index contributed by atoms with van der Waals surface area (Å²) < 4.78 is 12.4. The standard InChI is InChI=1S/C27H28N4O3/c1-4-14-34-24-11-12-25(20(2)16-24)26-22(19-31(30-26)23-9-6-5-7-10-23)17-21(18-28)27(32)29-13-8-15-33-3/h4-7,9-12,16-17,19H,1,8,13-15H2,2-3H3,(H,29,32)/b21-17-. The second kappa shape index (κ2) is 12.2. The molecule has 3 rings (SSSR count). The molecule has 1 heterocycles. The van der Waals surface area contributed by atoms with E-state index in [1.165, 1.54) is 0 Å². The third-order valence-electron chi connectivity index (χ3n) is 5.06. The summed E-state index contributed by atoms with van der Waals surface area (Å²) in [6.07, 6.45) is 5.76. The van der Waals surface area contributed by atoms with Gasteiger partial charge in [-0.2, -0.15) is 10.4 Å². The number of rotatable bonds is 11. The number of ether oxygens (including phenoxy) is 2. The minimum absolute atomic E-state index is 0.00914. The van der Waals surface area contributed by atoms with E-state index in [4.69, 9.17) is 14.6 Å². The fraction of sp³-hybridized carbons (Fsp3) is 0.222. The molecule has 0 aliphatic carbocycles. The van der Waals surface area contributed by atoms with Gasteiger partial charge < -0.3 is 14.8 Å². The molecule has 0 spiro atoms. The Hall–Kier alpha value is -4.15. The number of carbonyl (C=O) groups excluding carboxylic acids is 1. The van der Waals surface area contributed by atoms with Crippen molar-refractivity contribution < 1.29 is 14.3 Å². The molecule has 0 atom stereocenters. The average molecular weight is 457 g/mol. The van der Waals surface area contributed by atoms with Crippen LogP contribution in [-0.2, 0) is 9.53 Å².